The zero-order chi connectivity index (χ0) is 20.0. The van der Waals surface area contributed by atoms with Crippen LogP contribution in [-0.4, -0.2) is 59.0 Å². The lowest BCUT2D eigenvalue weighted by Crippen LogP contribution is -3.15. The van der Waals surface area contributed by atoms with Crippen molar-refractivity contribution < 1.29 is 18.1 Å². The van der Waals surface area contributed by atoms with Crippen LogP contribution < -0.4 is 19.3 Å². The van der Waals surface area contributed by atoms with E-state index in [1.165, 1.54) is 10.6 Å². The van der Waals surface area contributed by atoms with Crippen LogP contribution in [0.5, 0.6) is 5.75 Å². The number of benzene rings is 1. The Balaban J connectivity index is 1.68. The normalized spacial score (nSPS) is 16.7. The molecule has 0 bridgehead atoms. The molecule has 28 heavy (non-hydrogen) atoms. The Labute approximate surface area is 167 Å². The molecule has 0 amide bonds. The maximum absolute atomic E-state index is 12.0. The van der Waals surface area contributed by atoms with E-state index < -0.39 is 10.0 Å². The van der Waals surface area contributed by atoms with Crippen LogP contribution in [-0.2, 0) is 10.0 Å². The molecule has 0 spiro atoms. The molecule has 0 saturated carbocycles. The van der Waals surface area contributed by atoms with Gasteiger partial charge in [0.15, 0.2) is 0 Å². The lowest BCUT2D eigenvalue weighted by atomic mass is 10.1. The lowest BCUT2D eigenvalue weighted by molar-refractivity contribution is -0.930. The second-order valence-corrected chi connectivity index (χ2v) is 9.03. The summed E-state index contributed by atoms with van der Waals surface area (Å²) >= 11 is 0. The number of hydrogen-bond donors (Lipinski definition) is 2. The Hall–Kier alpha value is -2.16. The van der Waals surface area contributed by atoms with Gasteiger partial charge in [-0.05, 0) is 43.3 Å². The highest BCUT2D eigenvalue weighted by atomic mass is 32.2. The van der Waals surface area contributed by atoms with Gasteiger partial charge in [0.25, 0.3) is 0 Å². The van der Waals surface area contributed by atoms with Gasteiger partial charge in [0.2, 0.25) is 10.0 Å². The van der Waals surface area contributed by atoms with Gasteiger partial charge in [0, 0.05) is 23.6 Å². The minimum atomic E-state index is -3.23. The Morgan fingerprint density at radius 3 is 2.50 bits per heavy atom. The first-order valence-electron chi connectivity index (χ1n) is 9.63. The molecule has 1 fully saturated rings. The molecule has 1 unspecified atom stereocenters. The molecule has 152 valence electrons. The highest BCUT2D eigenvalue weighted by molar-refractivity contribution is 7.89. The van der Waals surface area contributed by atoms with Crippen molar-refractivity contribution in [1.82, 2.24) is 9.71 Å². The number of quaternary nitrogens is 1. The van der Waals surface area contributed by atoms with Crippen molar-refractivity contribution in [3.63, 3.8) is 0 Å². The molecule has 8 heteroatoms. The zero-order valence-electron chi connectivity index (χ0n) is 16.5. The van der Waals surface area contributed by atoms with Gasteiger partial charge in [-0.15, -0.1) is 0 Å². The van der Waals surface area contributed by atoms with Gasteiger partial charge in [0.1, 0.15) is 11.8 Å². The molecule has 1 aliphatic rings. The summed E-state index contributed by atoms with van der Waals surface area (Å²) in [5.41, 5.74) is 2.25. The molecule has 3 rings (SSSR count). The van der Waals surface area contributed by atoms with Gasteiger partial charge in [0.05, 0.1) is 45.6 Å². The molecule has 7 nitrogen and oxygen atoms in total. The minimum absolute atomic E-state index is 0.0491. The lowest BCUT2D eigenvalue weighted by Gasteiger charge is -2.37. The van der Waals surface area contributed by atoms with E-state index in [1.54, 1.807) is 20.2 Å². The van der Waals surface area contributed by atoms with Crippen LogP contribution in [0.25, 0.3) is 0 Å². The van der Waals surface area contributed by atoms with E-state index in [-0.39, 0.29) is 11.8 Å². The number of anilines is 1. The molecule has 0 aliphatic carbocycles. The van der Waals surface area contributed by atoms with E-state index in [0.717, 1.165) is 37.5 Å². The second kappa shape index (κ2) is 9.36. The number of methoxy groups -OCH3 is 1. The molecule has 1 atom stereocenters. The van der Waals surface area contributed by atoms with E-state index in [4.69, 9.17) is 4.74 Å². The van der Waals surface area contributed by atoms with E-state index in [1.807, 2.05) is 30.5 Å². The van der Waals surface area contributed by atoms with Crippen molar-refractivity contribution in [3.8, 4) is 5.75 Å². The molecular formula is C20H29N4O3S+. The first-order valence-corrected chi connectivity index (χ1v) is 11.3. The number of nitrogens with zero attached hydrogens (tertiary/aromatic N) is 2. The maximum atomic E-state index is 12.0. The zero-order valence-corrected chi connectivity index (χ0v) is 17.3. The molecule has 2 aromatic rings. The number of nitrogens with one attached hydrogen (secondary N) is 2. The van der Waals surface area contributed by atoms with Crippen LogP contribution in [0.2, 0.25) is 0 Å². The summed E-state index contributed by atoms with van der Waals surface area (Å²) in [5, 5.41) is 0. The van der Waals surface area contributed by atoms with Gasteiger partial charge in [-0.2, -0.15) is 0 Å². The Kier molecular flexibility index (Phi) is 6.88. The quantitative estimate of drug-likeness (QED) is 0.668. The van der Waals surface area contributed by atoms with Crippen molar-refractivity contribution in [2.24, 2.45) is 0 Å². The number of sulfonamides is 1. The van der Waals surface area contributed by atoms with Crippen molar-refractivity contribution in [3.05, 3.63) is 54.4 Å². The third-order valence-electron chi connectivity index (χ3n) is 5.31. The highest BCUT2D eigenvalue weighted by Crippen LogP contribution is 2.19. The molecule has 1 aromatic heterocycles. The van der Waals surface area contributed by atoms with Crippen molar-refractivity contribution in [1.29, 1.82) is 0 Å². The number of hydrogen-bond acceptors (Lipinski definition) is 5. The number of piperazine rings is 1. The van der Waals surface area contributed by atoms with Gasteiger partial charge < -0.3 is 14.5 Å². The summed E-state index contributed by atoms with van der Waals surface area (Å²) in [4.78, 5) is 7.96. The van der Waals surface area contributed by atoms with Crippen molar-refractivity contribution >= 4 is 15.7 Å². The number of ether oxygens (including phenoxy) is 1. The fourth-order valence-electron chi connectivity index (χ4n) is 3.59. The van der Waals surface area contributed by atoms with Gasteiger partial charge >= 0.3 is 0 Å². The summed E-state index contributed by atoms with van der Waals surface area (Å²) in [6.45, 7) is 5.73. The van der Waals surface area contributed by atoms with E-state index in [2.05, 4.69) is 26.7 Å². The summed E-state index contributed by atoms with van der Waals surface area (Å²) in [5.74, 6) is 0.945. The largest absolute Gasteiger partial charge is 0.497 e. The highest BCUT2D eigenvalue weighted by Gasteiger charge is 2.29. The van der Waals surface area contributed by atoms with E-state index in [9.17, 15) is 8.42 Å². The summed E-state index contributed by atoms with van der Waals surface area (Å²) in [6, 6.07) is 12.1. The van der Waals surface area contributed by atoms with Crippen LogP contribution in [0.3, 0.4) is 0 Å². The average molecular weight is 406 g/mol. The van der Waals surface area contributed by atoms with Crippen molar-refractivity contribution in [2.45, 2.75) is 13.0 Å². The van der Waals surface area contributed by atoms with Crippen molar-refractivity contribution in [2.75, 3.05) is 50.5 Å². The predicted octanol–water partition coefficient (Wildman–Crippen LogP) is 0.476. The monoisotopic (exact) mass is 405 g/mol. The first-order chi connectivity index (χ1) is 13.5. The van der Waals surface area contributed by atoms with Crippen LogP contribution >= 0.6 is 0 Å². The summed E-state index contributed by atoms with van der Waals surface area (Å²) < 4.78 is 31.9. The molecule has 1 saturated heterocycles. The minimum Gasteiger partial charge on any atom is -0.497 e. The Morgan fingerprint density at radius 2 is 1.93 bits per heavy atom. The SMILES string of the molecule is CCS(=O)(=O)NCC(c1cccnc1)[NH+]1CCN(c2ccc(OC)cc2)CC1. The van der Waals surface area contributed by atoms with Crippen LogP contribution in [0.15, 0.2) is 48.8 Å². The first kappa shape index (κ1) is 20.6. The predicted molar refractivity (Wildman–Crippen MR) is 110 cm³/mol. The Morgan fingerprint density at radius 1 is 1.21 bits per heavy atom. The number of rotatable bonds is 8. The number of aromatic nitrogens is 1. The fraction of sp³-hybridized carbons (Fsp3) is 0.450. The summed E-state index contributed by atoms with van der Waals surface area (Å²) in [7, 11) is -1.56. The Bertz CT molecular complexity index is 836. The van der Waals surface area contributed by atoms with Gasteiger partial charge in [-0.3, -0.25) is 4.98 Å². The molecule has 1 aliphatic heterocycles. The van der Waals surface area contributed by atoms with E-state index in [0.29, 0.717) is 6.54 Å². The van der Waals surface area contributed by atoms with E-state index >= 15 is 0 Å². The van der Waals surface area contributed by atoms with Crippen LogP contribution in [0, 0.1) is 0 Å². The molecule has 2 heterocycles. The smallest absolute Gasteiger partial charge is 0.211 e. The summed E-state index contributed by atoms with van der Waals surface area (Å²) in [6.07, 6.45) is 3.58. The second-order valence-electron chi connectivity index (χ2n) is 6.93. The molecule has 0 radical (unpaired) electrons. The standard InChI is InChI=1S/C20H28N4O3S/c1-3-28(25,26)22-16-20(17-5-4-10-21-15-17)24-13-11-23(12-14-24)18-6-8-19(27-2)9-7-18/h4-10,15,20,22H,3,11-14,16H2,1-2H3/p+1. The molecule has 1 aromatic carbocycles. The third-order valence-corrected chi connectivity index (χ3v) is 6.68. The van der Waals surface area contributed by atoms with Crippen LogP contribution in [0.4, 0.5) is 5.69 Å². The maximum Gasteiger partial charge on any atom is 0.211 e. The topological polar surface area (TPSA) is 76.0 Å². The van der Waals surface area contributed by atoms with Crippen LogP contribution in [0.1, 0.15) is 18.5 Å². The average Bonchev–Trinajstić information content (AvgIpc) is 2.75. The molecule has 2 N–H and O–H groups in total. The fourth-order valence-corrected chi connectivity index (χ4v) is 4.21. The number of pyridine rings is 1. The van der Waals surface area contributed by atoms with Gasteiger partial charge in [-0.25, -0.2) is 13.1 Å². The molecular weight excluding hydrogens is 376 g/mol. The third kappa shape index (κ3) is 5.21. The van der Waals surface area contributed by atoms with Gasteiger partial charge in [-0.1, -0.05) is 0 Å².